The number of methoxy groups -OCH3 is 1. The van der Waals surface area contributed by atoms with E-state index in [2.05, 4.69) is 62.2 Å². The minimum atomic E-state index is 0. The van der Waals surface area contributed by atoms with Crippen LogP contribution >= 0.6 is 0 Å². The summed E-state index contributed by atoms with van der Waals surface area (Å²) in [4.78, 5) is 0. The second kappa shape index (κ2) is 7.23. The first-order valence-corrected chi connectivity index (χ1v) is 7.11. The van der Waals surface area contributed by atoms with Crippen molar-refractivity contribution in [3.05, 3.63) is 46.5 Å². The van der Waals surface area contributed by atoms with Crippen LogP contribution in [0.4, 0.5) is 0 Å². The summed E-state index contributed by atoms with van der Waals surface area (Å²) < 4.78 is 9.75. The number of imidazole rings is 1. The number of aryl methyl sites for hydroxylation is 3. The van der Waals surface area contributed by atoms with Gasteiger partial charge in [0.1, 0.15) is 23.6 Å². The Balaban J connectivity index is 0.00000220. The summed E-state index contributed by atoms with van der Waals surface area (Å²) in [7, 11) is 1.74. The number of nitrogens with zero attached hydrogens (tertiary/aromatic N) is 2. The third kappa shape index (κ3) is 3.55. The largest absolute Gasteiger partial charge is 1.00 e. The predicted molar refractivity (Wildman–Crippen MR) is 81.5 cm³/mol. The fraction of sp³-hybridized carbons (Fsp3) is 0.471. The number of hydrogen-bond donors (Lipinski definition) is 0. The molecule has 0 aliphatic heterocycles. The highest BCUT2D eigenvalue weighted by atomic mass is 79.9. The van der Waals surface area contributed by atoms with Crippen LogP contribution in [-0.2, 0) is 11.3 Å². The van der Waals surface area contributed by atoms with Gasteiger partial charge >= 0.3 is 0 Å². The molecule has 0 radical (unpaired) electrons. The molecule has 1 heterocycles. The van der Waals surface area contributed by atoms with Gasteiger partial charge in [-0.25, -0.2) is 4.57 Å². The van der Waals surface area contributed by atoms with E-state index in [1.807, 2.05) is 0 Å². The zero-order valence-corrected chi connectivity index (χ0v) is 15.4. The topological polar surface area (TPSA) is 18.0 Å². The fourth-order valence-corrected chi connectivity index (χ4v) is 2.89. The summed E-state index contributed by atoms with van der Waals surface area (Å²) in [6, 6.07) is 4.49. The minimum absolute atomic E-state index is 0. The Kier molecular flexibility index (Phi) is 6.17. The van der Waals surface area contributed by atoms with Gasteiger partial charge in [0.2, 0.25) is 6.33 Å². The number of hydrogen-bond acceptors (Lipinski definition) is 1. The lowest BCUT2D eigenvalue weighted by Crippen LogP contribution is -3.00. The van der Waals surface area contributed by atoms with Crippen LogP contribution < -0.4 is 21.5 Å². The van der Waals surface area contributed by atoms with Crippen LogP contribution in [0.3, 0.4) is 0 Å². The molecule has 116 valence electrons. The molecule has 0 atom stereocenters. The van der Waals surface area contributed by atoms with E-state index >= 15 is 0 Å². The van der Waals surface area contributed by atoms with E-state index in [1.165, 1.54) is 33.8 Å². The van der Waals surface area contributed by atoms with Gasteiger partial charge in [-0.1, -0.05) is 17.7 Å². The first kappa shape index (κ1) is 17.9. The Morgan fingerprint density at radius 1 is 1.05 bits per heavy atom. The van der Waals surface area contributed by atoms with Gasteiger partial charge in [0, 0.05) is 21.0 Å². The number of halogens is 1. The van der Waals surface area contributed by atoms with Crippen LogP contribution in [0.25, 0.3) is 5.69 Å². The lowest BCUT2D eigenvalue weighted by Gasteiger charge is -2.08. The molecule has 21 heavy (non-hydrogen) atoms. The molecule has 2 aromatic rings. The maximum atomic E-state index is 5.19. The zero-order chi connectivity index (χ0) is 14.9. The Bertz CT molecular complexity index is 609. The smallest absolute Gasteiger partial charge is 0.249 e. The molecule has 2 rings (SSSR count). The minimum Gasteiger partial charge on any atom is -1.00 e. The molecule has 0 amide bonds. The molecule has 0 aliphatic rings. The quantitative estimate of drug-likeness (QED) is 0.706. The number of benzene rings is 1. The van der Waals surface area contributed by atoms with Crippen molar-refractivity contribution >= 4 is 0 Å². The van der Waals surface area contributed by atoms with Gasteiger partial charge in [-0.15, -0.1) is 0 Å². The van der Waals surface area contributed by atoms with Crippen molar-refractivity contribution < 1.29 is 26.3 Å². The van der Waals surface area contributed by atoms with Gasteiger partial charge in [0.05, 0.1) is 6.61 Å². The molecule has 1 aromatic heterocycles. The van der Waals surface area contributed by atoms with Crippen molar-refractivity contribution in [3.8, 4) is 5.69 Å². The van der Waals surface area contributed by atoms with Gasteiger partial charge in [0.15, 0.2) is 0 Å². The Labute approximate surface area is 138 Å². The van der Waals surface area contributed by atoms with E-state index in [0.717, 1.165) is 13.2 Å². The second-order valence-electron chi connectivity index (χ2n) is 5.59. The summed E-state index contributed by atoms with van der Waals surface area (Å²) in [5.41, 5.74) is 7.83. The third-order valence-corrected chi connectivity index (χ3v) is 3.98. The van der Waals surface area contributed by atoms with Gasteiger partial charge in [-0.2, -0.15) is 4.57 Å². The number of aromatic nitrogens is 2. The van der Waals surface area contributed by atoms with Crippen LogP contribution in [0, 0.1) is 34.6 Å². The number of rotatable bonds is 4. The molecule has 0 spiro atoms. The van der Waals surface area contributed by atoms with Gasteiger partial charge in [-0.3, -0.25) is 0 Å². The molecule has 0 aliphatic carbocycles. The molecule has 0 saturated heterocycles. The molecular weight excluding hydrogens is 328 g/mol. The van der Waals surface area contributed by atoms with Crippen molar-refractivity contribution in [2.24, 2.45) is 0 Å². The van der Waals surface area contributed by atoms with Crippen molar-refractivity contribution in [2.45, 2.75) is 41.2 Å². The highest BCUT2D eigenvalue weighted by Crippen LogP contribution is 2.22. The third-order valence-electron chi connectivity index (χ3n) is 3.98. The van der Waals surface area contributed by atoms with Crippen molar-refractivity contribution in [2.75, 3.05) is 13.7 Å². The highest BCUT2D eigenvalue weighted by Gasteiger charge is 2.20. The van der Waals surface area contributed by atoms with E-state index in [0.29, 0.717) is 0 Å². The van der Waals surface area contributed by atoms with E-state index in [4.69, 9.17) is 4.74 Å². The maximum Gasteiger partial charge on any atom is 0.249 e. The maximum absolute atomic E-state index is 5.19. The summed E-state index contributed by atoms with van der Waals surface area (Å²) >= 11 is 0. The van der Waals surface area contributed by atoms with Gasteiger partial charge in [-0.05, 0) is 31.9 Å². The molecule has 0 fully saturated rings. The Morgan fingerprint density at radius 2 is 1.62 bits per heavy atom. The molecule has 0 bridgehead atoms. The Hall–Kier alpha value is -1.13. The molecule has 4 heteroatoms. The number of ether oxygens (including phenoxy) is 1. The first-order chi connectivity index (χ1) is 9.45. The van der Waals surface area contributed by atoms with E-state index in [-0.39, 0.29) is 17.0 Å². The Morgan fingerprint density at radius 3 is 2.14 bits per heavy atom. The summed E-state index contributed by atoms with van der Waals surface area (Å²) in [5, 5.41) is 0. The average Bonchev–Trinajstić information content (AvgIpc) is 2.64. The summed E-state index contributed by atoms with van der Waals surface area (Å²) in [6.07, 6.45) is 2.19. The van der Waals surface area contributed by atoms with E-state index < -0.39 is 0 Å². The van der Waals surface area contributed by atoms with Crippen LogP contribution in [0.5, 0.6) is 0 Å². The molecule has 0 saturated carbocycles. The SMILES string of the molecule is COCC[n+]1cn(-c2c(C)cc(C)cc2C)c(C)c1C.[Br-]. The molecule has 0 N–H and O–H groups in total. The molecular formula is C17H25BrN2O. The van der Waals surface area contributed by atoms with E-state index in [1.54, 1.807) is 7.11 Å². The molecule has 1 aromatic carbocycles. The van der Waals surface area contributed by atoms with Crippen LogP contribution in [0.2, 0.25) is 0 Å². The fourth-order valence-electron chi connectivity index (χ4n) is 2.89. The van der Waals surface area contributed by atoms with Crippen LogP contribution in [-0.4, -0.2) is 18.3 Å². The normalized spacial score (nSPS) is 10.6. The van der Waals surface area contributed by atoms with E-state index in [9.17, 15) is 0 Å². The van der Waals surface area contributed by atoms with Crippen molar-refractivity contribution in [1.82, 2.24) is 4.57 Å². The van der Waals surface area contributed by atoms with Gasteiger partial charge in [0.25, 0.3) is 0 Å². The predicted octanol–water partition coefficient (Wildman–Crippen LogP) is -0.0427. The second-order valence-corrected chi connectivity index (χ2v) is 5.59. The molecule has 3 nitrogen and oxygen atoms in total. The van der Waals surface area contributed by atoms with Crippen LogP contribution in [0.15, 0.2) is 18.5 Å². The monoisotopic (exact) mass is 352 g/mol. The van der Waals surface area contributed by atoms with Crippen LogP contribution in [0.1, 0.15) is 28.1 Å². The first-order valence-electron chi connectivity index (χ1n) is 7.11. The zero-order valence-electron chi connectivity index (χ0n) is 13.8. The van der Waals surface area contributed by atoms with Crippen molar-refractivity contribution in [3.63, 3.8) is 0 Å². The molecule has 0 unspecified atom stereocenters. The highest BCUT2D eigenvalue weighted by molar-refractivity contribution is 5.50. The summed E-state index contributed by atoms with van der Waals surface area (Å²) in [6.45, 7) is 12.5. The average molecular weight is 353 g/mol. The lowest BCUT2D eigenvalue weighted by atomic mass is 10.0. The summed E-state index contributed by atoms with van der Waals surface area (Å²) in [5.74, 6) is 0. The lowest BCUT2D eigenvalue weighted by molar-refractivity contribution is -0.703. The standard InChI is InChI=1S/C17H25N2O.BrH/c1-12-9-13(2)17(14(3)10-12)19-11-18(7-8-20-6)15(4)16(19)5;/h9-11H,7-8H2,1-6H3;1H/q+1;/p-1. The van der Waals surface area contributed by atoms with Gasteiger partial charge < -0.3 is 21.7 Å². The van der Waals surface area contributed by atoms with Crippen molar-refractivity contribution in [1.29, 1.82) is 0 Å².